The first-order chi connectivity index (χ1) is 9.83. The van der Waals surface area contributed by atoms with E-state index in [0.717, 1.165) is 36.3 Å². The lowest BCUT2D eigenvalue weighted by Crippen LogP contribution is -2.35. The Morgan fingerprint density at radius 2 is 2.10 bits per heavy atom. The Kier molecular flexibility index (Phi) is 3.81. The molecule has 2 N–H and O–H groups in total. The highest BCUT2D eigenvalue weighted by Gasteiger charge is 2.24. The van der Waals surface area contributed by atoms with Crippen LogP contribution in [-0.2, 0) is 11.2 Å². The van der Waals surface area contributed by atoms with Gasteiger partial charge in [0.05, 0.1) is 0 Å². The summed E-state index contributed by atoms with van der Waals surface area (Å²) in [5, 5.41) is 3.00. The van der Waals surface area contributed by atoms with Gasteiger partial charge in [-0.05, 0) is 12.8 Å². The van der Waals surface area contributed by atoms with Gasteiger partial charge in [0.1, 0.15) is 5.82 Å². The lowest BCUT2D eigenvalue weighted by atomic mass is 9.85. The van der Waals surface area contributed by atoms with Gasteiger partial charge in [0, 0.05) is 36.3 Å². The van der Waals surface area contributed by atoms with Crippen LogP contribution in [0.5, 0.6) is 0 Å². The van der Waals surface area contributed by atoms with Crippen LogP contribution in [0, 0.1) is 5.92 Å². The van der Waals surface area contributed by atoms with E-state index in [2.05, 4.69) is 15.3 Å². The molecule has 1 aliphatic carbocycles. The molecule has 4 heteroatoms. The highest BCUT2D eigenvalue weighted by atomic mass is 16.1. The van der Waals surface area contributed by atoms with Crippen molar-refractivity contribution < 1.29 is 4.79 Å². The topological polar surface area (TPSA) is 57.8 Å². The maximum Gasteiger partial charge on any atom is 0.223 e. The van der Waals surface area contributed by atoms with E-state index in [4.69, 9.17) is 0 Å². The minimum absolute atomic E-state index is 0.207. The van der Waals surface area contributed by atoms with E-state index in [-0.39, 0.29) is 11.8 Å². The van der Waals surface area contributed by atoms with Crippen molar-refractivity contribution in [2.75, 3.05) is 6.54 Å². The van der Waals surface area contributed by atoms with E-state index >= 15 is 0 Å². The molecule has 0 unspecified atom stereocenters. The van der Waals surface area contributed by atoms with E-state index in [1.54, 1.807) is 0 Å². The highest BCUT2D eigenvalue weighted by Crippen LogP contribution is 2.26. The smallest absolute Gasteiger partial charge is 0.223 e. The van der Waals surface area contributed by atoms with Crippen molar-refractivity contribution in [2.45, 2.75) is 25.7 Å². The summed E-state index contributed by atoms with van der Waals surface area (Å²) >= 11 is 0. The van der Waals surface area contributed by atoms with Crippen molar-refractivity contribution in [3.63, 3.8) is 0 Å². The summed E-state index contributed by atoms with van der Waals surface area (Å²) in [6.45, 7) is 0.672. The van der Waals surface area contributed by atoms with Crippen LogP contribution >= 0.6 is 0 Å². The summed E-state index contributed by atoms with van der Waals surface area (Å²) in [4.78, 5) is 19.4. The molecular formula is C16H19N3O. The van der Waals surface area contributed by atoms with E-state index in [1.165, 1.54) is 6.42 Å². The first-order valence-electron chi connectivity index (χ1n) is 7.20. The maximum atomic E-state index is 11.7. The molecule has 0 spiro atoms. The number of carbonyl (C=O) groups excluding carboxylic acids is 1. The summed E-state index contributed by atoms with van der Waals surface area (Å²) in [5.74, 6) is 1.35. The second kappa shape index (κ2) is 5.90. The van der Waals surface area contributed by atoms with Crippen molar-refractivity contribution in [1.82, 2.24) is 15.3 Å². The third-order valence-corrected chi connectivity index (χ3v) is 3.85. The van der Waals surface area contributed by atoms with Gasteiger partial charge in [0.2, 0.25) is 5.91 Å². The van der Waals surface area contributed by atoms with Gasteiger partial charge in [0.15, 0.2) is 0 Å². The van der Waals surface area contributed by atoms with E-state index in [1.807, 2.05) is 36.5 Å². The van der Waals surface area contributed by atoms with Gasteiger partial charge in [-0.2, -0.15) is 0 Å². The fourth-order valence-electron chi connectivity index (χ4n) is 2.36. The van der Waals surface area contributed by atoms with Crippen molar-refractivity contribution in [3.05, 3.63) is 42.2 Å². The molecule has 1 amide bonds. The van der Waals surface area contributed by atoms with Crippen LogP contribution in [0.1, 0.15) is 25.0 Å². The number of aromatic nitrogens is 2. The number of imidazole rings is 1. The van der Waals surface area contributed by atoms with Gasteiger partial charge in [-0.1, -0.05) is 36.8 Å². The average molecular weight is 269 g/mol. The molecule has 4 nitrogen and oxygen atoms in total. The minimum atomic E-state index is 0.207. The first kappa shape index (κ1) is 12.9. The fraction of sp³-hybridized carbons (Fsp3) is 0.375. The molecule has 104 valence electrons. The van der Waals surface area contributed by atoms with Gasteiger partial charge < -0.3 is 10.3 Å². The number of hydrogen-bond donors (Lipinski definition) is 2. The van der Waals surface area contributed by atoms with Gasteiger partial charge in [0.25, 0.3) is 0 Å². The molecule has 1 aliphatic rings. The third kappa shape index (κ3) is 2.90. The van der Waals surface area contributed by atoms with Gasteiger partial charge in [-0.3, -0.25) is 4.79 Å². The predicted molar refractivity (Wildman–Crippen MR) is 78.1 cm³/mol. The van der Waals surface area contributed by atoms with Crippen LogP contribution in [0.15, 0.2) is 36.5 Å². The number of benzene rings is 1. The largest absolute Gasteiger partial charge is 0.355 e. The van der Waals surface area contributed by atoms with Crippen LogP contribution < -0.4 is 5.32 Å². The zero-order valence-corrected chi connectivity index (χ0v) is 11.4. The van der Waals surface area contributed by atoms with Crippen LogP contribution in [-0.4, -0.2) is 22.4 Å². The molecule has 1 heterocycles. The summed E-state index contributed by atoms with van der Waals surface area (Å²) < 4.78 is 0. The second-order valence-electron chi connectivity index (χ2n) is 5.29. The Morgan fingerprint density at radius 1 is 1.30 bits per heavy atom. The fourth-order valence-corrected chi connectivity index (χ4v) is 2.36. The maximum absolute atomic E-state index is 11.7. The summed E-state index contributed by atoms with van der Waals surface area (Å²) in [6.07, 6.45) is 5.93. The summed E-state index contributed by atoms with van der Waals surface area (Å²) in [6, 6.07) is 10.0. The van der Waals surface area contributed by atoms with Crippen molar-refractivity contribution in [1.29, 1.82) is 0 Å². The molecule has 3 rings (SSSR count). The van der Waals surface area contributed by atoms with Crippen LogP contribution in [0.25, 0.3) is 11.4 Å². The van der Waals surface area contributed by atoms with Crippen LogP contribution in [0.4, 0.5) is 0 Å². The van der Waals surface area contributed by atoms with E-state index < -0.39 is 0 Å². The molecule has 1 fully saturated rings. The summed E-state index contributed by atoms with van der Waals surface area (Å²) in [7, 11) is 0. The van der Waals surface area contributed by atoms with E-state index in [9.17, 15) is 4.79 Å². The number of hydrogen-bond acceptors (Lipinski definition) is 2. The SMILES string of the molecule is O=C(NCCc1cnc(-c2ccccc2)[nH]1)C1CCC1. The predicted octanol–water partition coefficient (Wildman–Crippen LogP) is 2.54. The normalized spacial score (nSPS) is 14.8. The molecule has 20 heavy (non-hydrogen) atoms. The standard InChI is InChI=1S/C16H19N3O/c20-16(13-7-4-8-13)17-10-9-14-11-18-15(19-14)12-5-2-1-3-6-12/h1-3,5-6,11,13H,4,7-10H2,(H,17,20)(H,18,19). The molecular weight excluding hydrogens is 250 g/mol. The Morgan fingerprint density at radius 3 is 2.80 bits per heavy atom. The number of rotatable bonds is 5. The Hall–Kier alpha value is -2.10. The quantitative estimate of drug-likeness (QED) is 0.876. The number of nitrogens with one attached hydrogen (secondary N) is 2. The number of amides is 1. The Labute approximate surface area is 118 Å². The molecule has 0 aliphatic heterocycles. The average Bonchev–Trinajstić information content (AvgIpc) is 2.86. The second-order valence-corrected chi connectivity index (χ2v) is 5.29. The van der Waals surface area contributed by atoms with Crippen molar-refractivity contribution in [2.24, 2.45) is 5.92 Å². The lowest BCUT2D eigenvalue weighted by Gasteiger charge is -2.23. The Balaban J connectivity index is 1.51. The van der Waals surface area contributed by atoms with Crippen LogP contribution in [0.2, 0.25) is 0 Å². The molecule has 0 bridgehead atoms. The molecule has 0 radical (unpaired) electrons. The number of H-pyrrole nitrogens is 1. The van der Waals surface area contributed by atoms with E-state index in [0.29, 0.717) is 6.54 Å². The molecule has 2 aromatic rings. The molecule has 1 aromatic carbocycles. The number of carbonyl (C=O) groups is 1. The number of nitrogens with zero attached hydrogens (tertiary/aromatic N) is 1. The zero-order valence-electron chi connectivity index (χ0n) is 11.4. The van der Waals surface area contributed by atoms with Gasteiger partial charge >= 0.3 is 0 Å². The monoisotopic (exact) mass is 269 g/mol. The van der Waals surface area contributed by atoms with Crippen molar-refractivity contribution in [3.8, 4) is 11.4 Å². The van der Waals surface area contributed by atoms with Crippen LogP contribution in [0.3, 0.4) is 0 Å². The molecule has 1 aromatic heterocycles. The third-order valence-electron chi connectivity index (χ3n) is 3.85. The molecule has 0 saturated heterocycles. The highest BCUT2D eigenvalue weighted by molar-refractivity contribution is 5.79. The van der Waals surface area contributed by atoms with Gasteiger partial charge in [-0.25, -0.2) is 4.98 Å². The zero-order chi connectivity index (χ0) is 13.8. The minimum Gasteiger partial charge on any atom is -0.355 e. The molecule has 0 atom stereocenters. The summed E-state index contributed by atoms with van der Waals surface area (Å²) in [5.41, 5.74) is 2.13. The van der Waals surface area contributed by atoms with Gasteiger partial charge in [-0.15, -0.1) is 0 Å². The Bertz CT molecular complexity index is 572. The molecule has 1 saturated carbocycles. The number of aromatic amines is 1. The van der Waals surface area contributed by atoms with Crippen molar-refractivity contribution >= 4 is 5.91 Å². The first-order valence-corrected chi connectivity index (χ1v) is 7.20. The lowest BCUT2D eigenvalue weighted by molar-refractivity contribution is -0.127.